The van der Waals surface area contributed by atoms with Gasteiger partial charge in [-0.3, -0.25) is 14.6 Å². The zero-order valence-electron chi connectivity index (χ0n) is 25.6. The number of carbonyl (C=O) groups is 2. The average Bonchev–Trinajstić information content (AvgIpc) is 3.47. The van der Waals surface area contributed by atoms with Gasteiger partial charge in [-0.15, -0.1) is 0 Å². The number of carbonyl (C=O) groups excluding carboxylic acids is 1. The lowest BCUT2D eigenvalue weighted by atomic mass is 9.83. The van der Waals surface area contributed by atoms with Crippen molar-refractivity contribution >= 4 is 22.8 Å². The number of fused-ring (bicyclic) bond motifs is 1. The van der Waals surface area contributed by atoms with Crippen molar-refractivity contribution in [3.05, 3.63) is 124 Å². The summed E-state index contributed by atoms with van der Waals surface area (Å²) in [5.41, 5.74) is 5.45. The summed E-state index contributed by atoms with van der Waals surface area (Å²) in [6.07, 6.45) is -4.65. The van der Waals surface area contributed by atoms with Crippen LogP contribution in [0.3, 0.4) is 0 Å². The van der Waals surface area contributed by atoms with Crippen LogP contribution in [0.25, 0.3) is 22.0 Å². The molecule has 0 aliphatic heterocycles. The van der Waals surface area contributed by atoms with Crippen LogP contribution in [0.2, 0.25) is 0 Å². The first-order valence-corrected chi connectivity index (χ1v) is 14.4. The SMILES string of the molecule is Cc1ccc2nc(C)c(C)c(C(=O)N(Cc3ccc(-c4cccc(C(C)(C)C(=O)O)c4)cc3)Cc3ccc(C(F)(F)F)o3)c2c1. The molecule has 0 unspecified atom stereocenters. The van der Waals surface area contributed by atoms with Crippen molar-refractivity contribution < 1.29 is 32.3 Å². The smallest absolute Gasteiger partial charge is 0.449 e. The van der Waals surface area contributed by atoms with Crippen LogP contribution in [-0.2, 0) is 29.5 Å². The minimum absolute atomic E-state index is 0.00840. The second-order valence-corrected chi connectivity index (χ2v) is 11.9. The van der Waals surface area contributed by atoms with Crippen LogP contribution in [0, 0.1) is 20.8 Å². The van der Waals surface area contributed by atoms with Crippen molar-refractivity contribution in [2.75, 3.05) is 0 Å². The fourth-order valence-corrected chi connectivity index (χ4v) is 5.27. The van der Waals surface area contributed by atoms with Crippen LogP contribution in [-0.4, -0.2) is 26.9 Å². The molecule has 2 heterocycles. The molecule has 1 N–H and O–H groups in total. The summed E-state index contributed by atoms with van der Waals surface area (Å²) in [4.78, 5) is 32.2. The van der Waals surface area contributed by atoms with E-state index in [0.717, 1.165) is 28.3 Å². The highest BCUT2D eigenvalue weighted by Gasteiger charge is 2.35. The molecule has 1 amide bonds. The van der Waals surface area contributed by atoms with Crippen LogP contribution in [0.15, 0.2) is 83.3 Å². The number of rotatable bonds is 8. The molecule has 0 aliphatic carbocycles. The molecule has 0 saturated carbocycles. The third-order valence-corrected chi connectivity index (χ3v) is 8.20. The third-order valence-electron chi connectivity index (χ3n) is 8.20. The molecule has 45 heavy (non-hydrogen) atoms. The Morgan fingerprint density at radius 3 is 2.22 bits per heavy atom. The molecule has 3 aromatic carbocycles. The number of amides is 1. The van der Waals surface area contributed by atoms with Gasteiger partial charge in [0.1, 0.15) is 5.76 Å². The standard InChI is InChI=1S/C36H33F3N2O4/c1-21-9-15-30-29(17-21)32(22(2)23(3)40-30)33(42)41(20-28-14-16-31(45-28)36(37,38)39)19-24-10-12-25(13-11-24)26-7-6-8-27(18-26)35(4,5)34(43)44/h6-18H,19-20H2,1-5H3,(H,43,44). The fraction of sp³-hybridized carbons (Fsp3) is 0.250. The van der Waals surface area contributed by atoms with Crippen molar-refractivity contribution in [2.24, 2.45) is 0 Å². The molecule has 9 heteroatoms. The minimum Gasteiger partial charge on any atom is -0.481 e. The first-order valence-electron chi connectivity index (χ1n) is 14.4. The van der Waals surface area contributed by atoms with Gasteiger partial charge in [0.25, 0.3) is 5.91 Å². The number of aromatic nitrogens is 1. The first kappa shape index (κ1) is 31.5. The van der Waals surface area contributed by atoms with Gasteiger partial charge >= 0.3 is 12.1 Å². The molecule has 232 valence electrons. The Balaban J connectivity index is 1.51. The second kappa shape index (κ2) is 11.9. The molecule has 0 atom stereocenters. The summed E-state index contributed by atoms with van der Waals surface area (Å²) in [7, 11) is 0. The predicted molar refractivity (Wildman–Crippen MR) is 166 cm³/mol. The molecule has 5 aromatic rings. The normalized spacial score (nSPS) is 12.0. The lowest BCUT2D eigenvalue weighted by Crippen LogP contribution is -2.31. The summed E-state index contributed by atoms with van der Waals surface area (Å²) < 4.78 is 45.1. The number of furan rings is 1. The lowest BCUT2D eigenvalue weighted by Gasteiger charge is -2.24. The van der Waals surface area contributed by atoms with Gasteiger partial charge in [0.2, 0.25) is 5.76 Å². The number of aryl methyl sites for hydroxylation is 2. The van der Waals surface area contributed by atoms with E-state index in [1.807, 2.05) is 81.4 Å². The van der Waals surface area contributed by atoms with Crippen molar-refractivity contribution in [1.82, 2.24) is 9.88 Å². The van der Waals surface area contributed by atoms with Gasteiger partial charge in [0.05, 0.1) is 23.0 Å². The van der Waals surface area contributed by atoms with Gasteiger partial charge in [-0.05, 0) is 86.7 Å². The Hall–Kier alpha value is -4.92. The fourth-order valence-electron chi connectivity index (χ4n) is 5.27. The molecule has 0 aliphatic rings. The molecular formula is C36H33F3N2O4. The van der Waals surface area contributed by atoms with Crippen LogP contribution in [0.5, 0.6) is 0 Å². The number of alkyl halides is 3. The zero-order valence-corrected chi connectivity index (χ0v) is 25.6. The van der Waals surface area contributed by atoms with E-state index in [9.17, 15) is 27.9 Å². The van der Waals surface area contributed by atoms with Gasteiger partial charge < -0.3 is 14.4 Å². The van der Waals surface area contributed by atoms with Crippen molar-refractivity contribution in [3.63, 3.8) is 0 Å². The highest BCUT2D eigenvalue weighted by molar-refractivity contribution is 6.07. The van der Waals surface area contributed by atoms with E-state index in [1.54, 1.807) is 19.9 Å². The summed E-state index contributed by atoms with van der Waals surface area (Å²) >= 11 is 0. The molecular weight excluding hydrogens is 581 g/mol. The maximum atomic E-state index is 14.3. The van der Waals surface area contributed by atoms with E-state index < -0.39 is 23.3 Å². The maximum Gasteiger partial charge on any atom is 0.449 e. The number of pyridine rings is 1. The number of benzene rings is 3. The van der Waals surface area contributed by atoms with Gasteiger partial charge in [0, 0.05) is 17.6 Å². The molecule has 0 spiro atoms. The van der Waals surface area contributed by atoms with Gasteiger partial charge in [-0.25, -0.2) is 0 Å². The molecule has 0 saturated heterocycles. The third kappa shape index (κ3) is 6.48. The predicted octanol–water partition coefficient (Wildman–Crippen LogP) is 8.64. The van der Waals surface area contributed by atoms with E-state index in [2.05, 4.69) is 4.98 Å². The number of carboxylic acid groups (broad SMARTS) is 1. The lowest BCUT2D eigenvalue weighted by molar-refractivity contribution is -0.153. The number of hydrogen-bond donors (Lipinski definition) is 1. The van der Waals surface area contributed by atoms with Crippen molar-refractivity contribution in [1.29, 1.82) is 0 Å². The molecule has 0 bridgehead atoms. The number of halogens is 3. The largest absolute Gasteiger partial charge is 0.481 e. The quantitative estimate of drug-likeness (QED) is 0.189. The summed E-state index contributed by atoms with van der Waals surface area (Å²) in [6.45, 7) is 8.77. The molecule has 6 nitrogen and oxygen atoms in total. The highest BCUT2D eigenvalue weighted by atomic mass is 19.4. The van der Waals surface area contributed by atoms with E-state index >= 15 is 0 Å². The van der Waals surface area contributed by atoms with E-state index in [1.165, 1.54) is 11.0 Å². The van der Waals surface area contributed by atoms with Crippen molar-refractivity contribution in [2.45, 2.75) is 59.3 Å². The number of nitrogens with zero attached hydrogens (tertiary/aromatic N) is 2. The van der Waals surface area contributed by atoms with Gasteiger partial charge in [-0.2, -0.15) is 13.2 Å². The van der Waals surface area contributed by atoms with Gasteiger partial charge in [-0.1, -0.05) is 60.2 Å². The summed E-state index contributed by atoms with van der Waals surface area (Å²) in [5.74, 6) is -2.40. The topological polar surface area (TPSA) is 83.6 Å². The van der Waals surface area contributed by atoms with E-state index in [4.69, 9.17) is 4.42 Å². The number of carboxylic acids is 1. The Morgan fingerprint density at radius 2 is 1.58 bits per heavy atom. The highest BCUT2D eigenvalue weighted by Crippen LogP contribution is 2.33. The summed E-state index contributed by atoms with van der Waals surface area (Å²) in [5, 5.41) is 10.3. The van der Waals surface area contributed by atoms with Gasteiger partial charge in [0.15, 0.2) is 0 Å². The minimum atomic E-state index is -4.65. The van der Waals surface area contributed by atoms with Crippen LogP contribution < -0.4 is 0 Å². The van der Waals surface area contributed by atoms with E-state index in [0.29, 0.717) is 33.3 Å². The monoisotopic (exact) mass is 614 g/mol. The summed E-state index contributed by atoms with van der Waals surface area (Å²) in [6, 6.07) is 22.5. The Labute approximate surface area is 259 Å². The Bertz CT molecular complexity index is 1910. The number of hydrogen-bond acceptors (Lipinski definition) is 4. The van der Waals surface area contributed by atoms with Crippen molar-refractivity contribution in [3.8, 4) is 11.1 Å². The van der Waals surface area contributed by atoms with Crippen LogP contribution in [0.4, 0.5) is 13.2 Å². The second-order valence-electron chi connectivity index (χ2n) is 11.9. The average molecular weight is 615 g/mol. The molecule has 0 fully saturated rings. The molecule has 5 rings (SSSR count). The Kier molecular flexibility index (Phi) is 8.31. The molecule has 0 radical (unpaired) electrons. The number of aliphatic carboxylic acids is 1. The molecule has 2 aromatic heterocycles. The van der Waals surface area contributed by atoms with E-state index in [-0.39, 0.29) is 24.8 Å². The van der Waals surface area contributed by atoms with Crippen LogP contribution in [0.1, 0.15) is 63.7 Å². The van der Waals surface area contributed by atoms with Crippen LogP contribution >= 0.6 is 0 Å². The zero-order chi connectivity index (χ0) is 32.7. The Morgan fingerprint density at radius 1 is 0.867 bits per heavy atom. The maximum absolute atomic E-state index is 14.3. The first-order chi connectivity index (χ1) is 21.1.